The summed E-state index contributed by atoms with van der Waals surface area (Å²) >= 11 is 0. The lowest BCUT2D eigenvalue weighted by Gasteiger charge is -2.21. The lowest BCUT2D eigenvalue weighted by molar-refractivity contribution is -0.163. The lowest BCUT2D eigenvalue weighted by Crippen LogP contribution is -2.47. The standard InChI is InChI=1S/C14H20N2O3/c1-14(2,3)19-13(18)12(17)11(16-15)9-10-7-5-4-6-8-10/h4-8,11,16H,9,15H2,1-3H3/t11-/m0/s1. The van der Waals surface area contributed by atoms with Gasteiger partial charge in [0.25, 0.3) is 5.78 Å². The second kappa shape index (κ2) is 6.45. The van der Waals surface area contributed by atoms with Crippen LogP contribution < -0.4 is 11.3 Å². The van der Waals surface area contributed by atoms with Gasteiger partial charge in [-0.1, -0.05) is 30.3 Å². The van der Waals surface area contributed by atoms with E-state index in [0.29, 0.717) is 6.42 Å². The summed E-state index contributed by atoms with van der Waals surface area (Å²) < 4.78 is 5.04. The van der Waals surface area contributed by atoms with Crippen LogP contribution in [-0.4, -0.2) is 23.4 Å². The first kappa shape index (κ1) is 15.3. The van der Waals surface area contributed by atoms with Crippen molar-refractivity contribution in [3.63, 3.8) is 0 Å². The van der Waals surface area contributed by atoms with Crippen LogP contribution >= 0.6 is 0 Å². The summed E-state index contributed by atoms with van der Waals surface area (Å²) in [5.74, 6) is 3.81. The van der Waals surface area contributed by atoms with E-state index in [4.69, 9.17) is 10.6 Å². The summed E-state index contributed by atoms with van der Waals surface area (Å²) in [7, 11) is 0. The third-order valence-electron chi connectivity index (χ3n) is 2.40. The highest BCUT2D eigenvalue weighted by Gasteiger charge is 2.29. The minimum Gasteiger partial charge on any atom is -0.454 e. The highest BCUT2D eigenvalue weighted by Crippen LogP contribution is 2.09. The highest BCUT2D eigenvalue weighted by molar-refractivity contribution is 6.35. The van der Waals surface area contributed by atoms with Crippen molar-refractivity contribution >= 4 is 11.8 Å². The molecule has 0 radical (unpaired) electrons. The predicted octanol–water partition coefficient (Wildman–Crippen LogP) is 0.972. The Labute approximate surface area is 113 Å². The topological polar surface area (TPSA) is 81.4 Å². The van der Waals surface area contributed by atoms with E-state index in [9.17, 15) is 9.59 Å². The average molecular weight is 264 g/mol. The molecule has 0 aromatic heterocycles. The molecule has 1 rings (SSSR count). The molecule has 0 amide bonds. The van der Waals surface area contributed by atoms with Crippen LogP contribution in [0, 0.1) is 0 Å². The monoisotopic (exact) mass is 264 g/mol. The van der Waals surface area contributed by atoms with Gasteiger partial charge in [0.1, 0.15) is 5.60 Å². The molecule has 5 nitrogen and oxygen atoms in total. The SMILES string of the molecule is CC(C)(C)OC(=O)C(=O)[C@H](Cc1ccccc1)NN. The third kappa shape index (κ3) is 5.19. The number of benzene rings is 1. The van der Waals surface area contributed by atoms with Crippen molar-refractivity contribution in [3.05, 3.63) is 35.9 Å². The number of nitrogens with two attached hydrogens (primary N) is 1. The van der Waals surface area contributed by atoms with Crippen LogP contribution in [0.5, 0.6) is 0 Å². The van der Waals surface area contributed by atoms with Gasteiger partial charge < -0.3 is 4.74 Å². The molecule has 0 fully saturated rings. The second-order valence-corrected chi connectivity index (χ2v) is 5.28. The Balaban J connectivity index is 2.69. The summed E-state index contributed by atoms with van der Waals surface area (Å²) in [5.41, 5.74) is 2.59. The van der Waals surface area contributed by atoms with Gasteiger partial charge in [0.05, 0.1) is 6.04 Å². The second-order valence-electron chi connectivity index (χ2n) is 5.28. The minimum atomic E-state index is -0.869. The Hall–Kier alpha value is -1.72. The number of hydrazine groups is 1. The van der Waals surface area contributed by atoms with E-state index < -0.39 is 23.4 Å². The van der Waals surface area contributed by atoms with Gasteiger partial charge in [0.15, 0.2) is 0 Å². The van der Waals surface area contributed by atoms with E-state index in [1.165, 1.54) is 0 Å². The molecular weight excluding hydrogens is 244 g/mol. The van der Waals surface area contributed by atoms with Crippen molar-refractivity contribution in [1.82, 2.24) is 5.43 Å². The minimum absolute atomic E-state index is 0.343. The van der Waals surface area contributed by atoms with Gasteiger partial charge in [-0.25, -0.2) is 10.2 Å². The Morgan fingerprint density at radius 2 is 1.84 bits per heavy atom. The molecule has 0 spiro atoms. The number of hydrogen-bond donors (Lipinski definition) is 2. The maximum Gasteiger partial charge on any atom is 0.376 e. The van der Waals surface area contributed by atoms with Crippen LogP contribution in [0.3, 0.4) is 0 Å². The Morgan fingerprint density at radius 3 is 2.32 bits per heavy atom. The zero-order valence-corrected chi connectivity index (χ0v) is 11.5. The number of Topliss-reactive ketones (excluding diaryl/α,β-unsaturated/α-hetero) is 1. The van der Waals surface area contributed by atoms with Crippen LogP contribution in [0.25, 0.3) is 0 Å². The van der Waals surface area contributed by atoms with Crippen LogP contribution in [-0.2, 0) is 20.7 Å². The molecule has 0 aliphatic heterocycles. The fourth-order valence-electron chi connectivity index (χ4n) is 1.55. The molecule has 0 bridgehead atoms. The Morgan fingerprint density at radius 1 is 1.26 bits per heavy atom. The molecule has 0 saturated heterocycles. The van der Waals surface area contributed by atoms with Crippen molar-refractivity contribution < 1.29 is 14.3 Å². The van der Waals surface area contributed by atoms with Gasteiger partial charge in [-0.05, 0) is 32.8 Å². The molecule has 0 saturated carbocycles. The molecule has 0 aliphatic rings. The maximum atomic E-state index is 11.9. The largest absolute Gasteiger partial charge is 0.454 e. The van der Waals surface area contributed by atoms with Gasteiger partial charge in [-0.2, -0.15) is 0 Å². The molecular formula is C14H20N2O3. The number of ether oxygens (including phenoxy) is 1. The molecule has 1 aromatic rings. The van der Waals surface area contributed by atoms with Crippen LogP contribution in [0.15, 0.2) is 30.3 Å². The fraction of sp³-hybridized carbons (Fsp3) is 0.429. The predicted molar refractivity (Wildman–Crippen MR) is 72.1 cm³/mol. The number of hydrogen-bond acceptors (Lipinski definition) is 5. The quantitative estimate of drug-likeness (QED) is 0.358. The van der Waals surface area contributed by atoms with Crippen LogP contribution in [0.1, 0.15) is 26.3 Å². The van der Waals surface area contributed by atoms with E-state index >= 15 is 0 Å². The van der Waals surface area contributed by atoms with Crippen molar-refractivity contribution in [2.24, 2.45) is 5.84 Å². The zero-order valence-electron chi connectivity index (χ0n) is 11.5. The molecule has 104 valence electrons. The van der Waals surface area contributed by atoms with Crippen molar-refractivity contribution in [2.75, 3.05) is 0 Å². The molecule has 0 aliphatic carbocycles. The highest BCUT2D eigenvalue weighted by atomic mass is 16.6. The summed E-state index contributed by atoms with van der Waals surface area (Å²) in [6.07, 6.45) is 0.343. The lowest BCUT2D eigenvalue weighted by atomic mass is 10.0. The summed E-state index contributed by atoms with van der Waals surface area (Å²) in [5, 5.41) is 0. The van der Waals surface area contributed by atoms with Crippen molar-refractivity contribution in [3.8, 4) is 0 Å². The van der Waals surface area contributed by atoms with E-state index in [1.807, 2.05) is 30.3 Å². The van der Waals surface area contributed by atoms with Crippen molar-refractivity contribution in [1.29, 1.82) is 0 Å². The first-order valence-electron chi connectivity index (χ1n) is 6.11. The summed E-state index contributed by atoms with van der Waals surface area (Å²) in [4.78, 5) is 23.6. The molecule has 3 N–H and O–H groups in total. The number of nitrogens with one attached hydrogen (secondary N) is 1. The number of carbonyl (C=O) groups excluding carboxylic acids is 2. The molecule has 5 heteroatoms. The fourth-order valence-corrected chi connectivity index (χ4v) is 1.55. The van der Waals surface area contributed by atoms with Gasteiger partial charge in [-0.3, -0.25) is 10.6 Å². The van der Waals surface area contributed by atoms with Crippen LogP contribution in [0.2, 0.25) is 0 Å². The molecule has 1 aromatic carbocycles. The van der Waals surface area contributed by atoms with Crippen molar-refractivity contribution in [2.45, 2.75) is 38.8 Å². The van der Waals surface area contributed by atoms with Gasteiger partial charge in [-0.15, -0.1) is 0 Å². The first-order valence-corrected chi connectivity index (χ1v) is 6.11. The van der Waals surface area contributed by atoms with Crippen LogP contribution in [0.4, 0.5) is 0 Å². The van der Waals surface area contributed by atoms with Gasteiger partial charge >= 0.3 is 5.97 Å². The number of carbonyl (C=O) groups is 2. The zero-order chi connectivity index (χ0) is 14.5. The average Bonchev–Trinajstić information content (AvgIpc) is 2.34. The third-order valence-corrected chi connectivity index (χ3v) is 2.40. The van der Waals surface area contributed by atoms with E-state index in [-0.39, 0.29) is 0 Å². The molecule has 19 heavy (non-hydrogen) atoms. The maximum absolute atomic E-state index is 11.9. The van der Waals surface area contributed by atoms with E-state index in [0.717, 1.165) is 5.56 Å². The van der Waals surface area contributed by atoms with Gasteiger partial charge in [0.2, 0.25) is 0 Å². The number of esters is 1. The number of ketones is 1. The Bertz CT molecular complexity index is 438. The molecule has 1 atom stereocenters. The normalized spacial score (nSPS) is 12.8. The summed E-state index contributed by atoms with van der Waals surface area (Å²) in [6, 6.07) is 8.56. The summed E-state index contributed by atoms with van der Waals surface area (Å²) in [6.45, 7) is 5.13. The van der Waals surface area contributed by atoms with E-state index in [1.54, 1.807) is 20.8 Å². The molecule has 0 heterocycles. The smallest absolute Gasteiger partial charge is 0.376 e. The van der Waals surface area contributed by atoms with Gasteiger partial charge in [0, 0.05) is 0 Å². The number of rotatable bonds is 5. The Kier molecular flexibility index (Phi) is 5.20. The first-order chi connectivity index (χ1) is 8.83. The molecule has 0 unspecified atom stereocenters. The van der Waals surface area contributed by atoms with E-state index in [2.05, 4.69) is 5.43 Å².